The first-order chi connectivity index (χ1) is 16.0. The number of amides is 1. The molecule has 0 aliphatic rings. The SMILES string of the molecule is Cc1ccccc1-n1nnnc1SCC(=O)Nc1c(C#N)c(C)c(C)n1Cc1ccccc1. The molecule has 1 amide bonds. The summed E-state index contributed by atoms with van der Waals surface area (Å²) in [6.45, 7) is 6.40. The van der Waals surface area contributed by atoms with E-state index in [0.717, 1.165) is 28.1 Å². The molecular formula is C24H23N7OS. The van der Waals surface area contributed by atoms with Crippen molar-refractivity contribution in [2.45, 2.75) is 32.5 Å². The molecule has 0 atom stereocenters. The minimum Gasteiger partial charge on any atom is -0.326 e. The van der Waals surface area contributed by atoms with E-state index in [0.29, 0.717) is 23.1 Å². The van der Waals surface area contributed by atoms with Crippen molar-refractivity contribution in [3.63, 3.8) is 0 Å². The number of nitrogens with one attached hydrogen (secondary N) is 1. The van der Waals surface area contributed by atoms with Gasteiger partial charge in [-0.3, -0.25) is 4.79 Å². The van der Waals surface area contributed by atoms with Crippen molar-refractivity contribution in [2.75, 3.05) is 11.1 Å². The zero-order valence-electron chi connectivity index (χ0n) is 18.6. The van der Waals surface area contributed by atoms with Crippen LogP contribution in [0.15, 0.2) is 59.8 Å². The second-order valence-corrected chi connectivity index (χ2v) is 8.56. The summed E-state index contributed by atoms with van der Waals surface area (Å²) in [6, 6.07) is 20.0. The van der Waals surface area contributed by atoms with Crippen molar-refractivity contribution in [1.82, 2.24) is 24.8 Å². The maximum Gasteiger partial charge on any atom is 0.235 e. The number of nitriles is 1. The molecule has 1 N–H and O–H groups in total. The molecule has 0 bridgehead atoms. The van der Waals surface area contributed by atoms with Gasteiger partial charge in [0.2, 0.25) is 11.1 Å². The molecule has 4 aromatic rings. The fraction of sp³-hybridized carbons (Fsp3) is 0.208. The maximum atomic E-state index is 12.9. The van der Waals surface area contributed by atoms with E-state index in [1.54, 1.807) is 4.68 Å². The Morgan fingerprint density at radius 2 is 1.82 bits per heavy atom. The molecule has 4 rings (SSSR count). The first kappa shape index (κ1) is 22.3. The lowest BCUT2D eigenvalue weighted by Crippen LogP contribution is -2.19. The Morgan fingerprint density at radius 3 is 2.55 bits per heavy atom. The standard InChI is InChI=1S/C24H23N7OS/c1-16-9-7-8-12-21(16)31-24(27-28-29-31)33-15-22(32)26-23-20(13-25)17(2)18(3)30(23)14-19-10-5-4-6-11-19/h4-12H,14-15H2,1-3H3,(H,26,32). The molecule has 0 saturated heterocycles. The van der Waals surface area contributed by atoms with Crippen LogP contribution in [0.4, 0.5) is 5.82 Å². The van der Waals surface area contributed by atoms with Crippen LogP contribution in [0.25, 0.3) is 5.69 Å². The normalized spacial score (nSPS) is 10.7. The fourth-order valence-corrected chi connectivity index (χ4v) is 4.30. The summed E-state index contributed by atoms with van der Waals surface area (Å²) in [5.41, 5.74) is 5.26. The molecule has 0 spiro atoms. The van der Waals surface area contributed by atoms with Gasteiger partial charge in [-0.05, 0) is 54.0 Å². The Morgan fingerprint density at radius 1 is 1.09 bits per heavy atom. The Labute approximate surface area is 196 Å². The molecule has 0 aliphatic heterocycles. The van der Waals surface area contributed by atoms with Gasteiger partial charge >= 0.3 is 0 Å². The predicted octanol–water partition coefficient (Wildman–Crippen LogP) is 4.04. The summed E-state index contributed by atoms with van der Waals surface area (Å²) in [6.07, 6.45) is 0. The van der Waals surface area contributed by atoms with Crippen molar-refractivity contribution >= 4 is 23.5 Å². The smallest absolute Gasteiger partial charge is 0.235 e. The lowest BCUT2D eigenvalue weighted by atomic mass is 10.2. The number of carbonyl (C=O) groups excluding carboxylic acids is 1. The van der Waals surface area contributed by atoms with Crippen LogP contribution in [-0.2, 0) is 11.3 Å². The molecule has 0 saturated carbocycles. The van der Waals surface area contributed by atoms with Crippen molar-refractivity contribution in [2.24, 2.45) is 0 Å². The number of anilines is 1. The Bertz CT molecular complexity index is 1330. The van der Waals surface area contributed by atoms with Gasteiger partial charge in [-0.15, -0.1) is 5.10 Å². The molecule has 0 fully saturated rings. The zero-order valence-corrected chi connectivity index (χ0v) is 19.4. The first-order valence-corrected chi connectivity index (χ1v) is 11.4. The van der Waals surface area contributed by atoms with Crippen molar-refractivity contribution in [1.29, 1.82) is 5.26 Å². The van der Waals surface area contributed by atoms with Crippen LogP contribution in [0.5, 0.6) is 0 Å². The van der Waals surface area contributed by atoms with E-state index in [2.05, 4.69) is 26.9 Å². The average molecular weight is 458 g/mol. The van der Waals surface area contributed by atoms with Gasteiger partial charge in [0, 0.05) is 12.2 Å². The molecule has 2 aromatic carbocycles. The number of thioether (sulfide) groups is 1. The number of aryl methyl sites for hydroxylation is 1. The summed E-state index contributed by atoms with van der Waals surface area (Å²) >= 11 is 1.24. The number of nitrogens with zero attached hydrogens (tertiary/aromatic N) is 6. The van der Waals surface area contributed by atoms with Gasteiger partial charge in [0.25, 0.3) is 0 Å². The molecule has 166 valence electrons. The van der Waals surface area contributed by atoms with Gasteiger partial charge in [0.15, 0.2) is 0 Å². The Kier molecular flexibility index (Phi) is 6.56. The number of para-hydroxylation sites is 1. The second-order valence-electron chi connectivity index (χ2n) is 7.61. The van der Waals surface area contributed by atoms with E-state index in [1.165, 1.54) is 11.8 Å². The van der Waals surface area contributed by atoms with E-state index >= 15 is 0 Å². The van der Waals surface area contributed by atoms with Crippen LogP contribution in [0.1, 0.15) is 27.9 Å². The third-order valence-electron chi connectivity index (χ3n) is 5.50. The quantitative estimate of drug-likeness (QED) is 0.420. The first-order valence-electron chi connectivity index (χ1n) is 10.4. The lowest BCUT2D eigenvalue weighted by Gasteiger charge is -2.13. The molecule has 9 heteroatoms. The van der Waals surface area contributed by atoms with Crippen molar-refractivity contribution < 1.29 is 4.79 Å². The van der Waals surface area contributed by atoms with Crippen molar-refractivity contribution in [3.8, 4) is 11.8 Å². The maximum absolute atomic E-state index is 12.9. The number of aromatic nitrogens is 5. The van der Waals surface area contributed by atoms with Crippen LogP contribution in [0, 0.1) is 32.1 Å². The number of benzene rings is 2. The second kappa shape index (κ2) is 9.71. The van der Waals surface area contributed by atoms with E-state index in [9.17, 15) is 10.1 Å². The van der Waals surface area contributed by atoms with Crippen LogP contribution in [-0.4, -0.2) is 36.4 Å². The highest BCUT2D eigenvalue weighted by molar-refractivity contribution is 7.99. The van der Waals surface area contributed by atoms with Gasteiger partial charge in [-0.2, -0.15) is 9.94 Å². The number of hydrogen-bond acceptors (Lipinski definition) is 6. The highest BCUT2D eigenvalue weighted by Crippen LogP contribution is 2.28. The summed E-state index contributed by atoms with van der Waals surface area (Å²) < 4.78 is 3.60. The third-order valence-corrected chi connectivity index (χ3v) is 6.42. The Hall–Kier alpha value is -3.90. The van der Waals surface area contributed by atoms with Crippen LogP contribution in [0.3, 0.4) is 0 Å². The predicted molar refractivity (Wildman–Crippen MR) is 127 cm³/mol. The summed E-state index contributed by atoms with van der Waals surface area (Å²) in [5.74, 6) is 0.384. The van der Waals surface area contributed by atoms with E-state index < -0.39 is 0 Å². The van der Waals surface area contributed by atoms with Gasteiger partial charge in [0.05, 0.1) is 17.0 Å². The van der Waals surface area contributed by atoms with E-state index in [-0.39, 0.29) is 11.7 Å². The summed E-state index contributed by atoms with van der Waals surface area (Å²) in [4.78, 5) is 12.9. The van der Waals surface area contributed by atoms with Gasteiger partial charge < -0.3 is 9.88 Å². The Balaban J connectivity index is 1.53. The molecule has 2 aromatic heterocycles. The largest absolute Gasteiger partial charge is 0.326 e. The molecule has 0 unspecified atom stereocenters. The van der Waals surface area contributed by atoms with Crippen LogP contribution >= 0.6 is 11.8 Å². The molecule has 33 heavy (non-hydrogen) atoms. The van der Waals surface area contributed by atoms with Gasteiger partial charge in [-0.25, -0.2) is 0 Å². The highest BCUT2D eigenvalue weighted by atomic mass is 32.2. The lowest BCUT2D eigenvalue weighted by molar-refractivity contribution is -0.113. The third kappa shape index (κ3) is 4.66. The average Bonchev–Trinajstić information content (AvgIpc) is 3.37. The number of rotatable bonds is 7. The van der Waals surface area contributed by atoms with Crippen LogP contribution in [0.2, 0.25) is 0 Å². The van der Waals surface area contributed by atoms with E-state index in [4.69, 9.17) is 0 Å². The molecule has 0 radical (unpaired) electrons. The topological polar surface area (TPSA) is 101 Å². The fourth-order valence-electron chi connectivity index (χ4n) is 3.61. The highest BCUT2D eigenvalue weighted by Gasteiger charge is 2.20. The molecule has 2 heterocycles. The molecule has 8 nitrogen and oxygen atoms in total. The van der Waals surface area contributed by atoms with Crippen molar-refractivity contribution in [3.05, 3.63) is 82.5 Å². The monoisotopic (exact) mass is 457 g/mol. The minimum absolute atomic E-state index is 0.103. The summed E-state index contributed by atoms with van der Waals surface area (Å²) in [5, 5.41) is 25.1. The van der Waals surface area contributed by atoms with Gasteiger partial charge in [0.1, 0.15) is 11.9 Å². The minimum atomic E-state index is -0.234. The number of tetrazole rings is 1. The van der Waals surface area contributed by atoms with Gasteiger partial charge in [-0.1, -0.05) is 60.3 Å². The number of carbonyl (C=O) groups is 1. The zero-order chi connectivity index (χ0) is 23.4. The van der Waals surface area contributed by atoms with Crippen LogP contribution < -0.4 is 5.32 Å². The molecule has 0 aliphatic carbocycles. The number of hydrogen-bond donors (Lipinski definition) is 1. The van der Waals surface area contributed by atoms with E-state index in [1.807, 2.05) is 79.9 Å². The molecular weight excluding hydrogens is 434 g/mol. The summed E-state index contributed by atoms with van der Waals surface area (Å²) in [7, 11) is 0.